The molecule has 1 N–H and O–H groups in total. The van der Waals surface area contributed by atoms with Gasteiger partial charge in [0.1, 0.15) is 11.8 Å². The molecule has 1 aromatic carbocycles. The van der Waals surface area contributed by atoms with Gasteiger partial charge in [-0.2, -0.15) is 5.26 Å². The van der Waals surface area contributed by atoms with E-state index in [0.717, 1.165) is 18.4 Å². The first-order valence-electron chi connectivity index (χ1n) is 8.05. The molecule has 0 unspecified atom stereocenters. The van der Waals surface area contributed by atoms with Gasteiger partial charge >= 0.3 is 12.0 Å². The molecule has 7 heteroatoms. The monoisotopic (exact) mass is 341 g/mol. The Morgan fingerprint density at radius 3 is 2.60 bits per heavy atom. The molecule has 1 aliphatic heterocycles. The van der Waals surface area contributed by atoms with Crippen LogP contribution < -0.4 is 10.1 Å². The average Bonchev–Trinajstić information content (AvgIpc) is 3.44. The first-order chi connectivity index (χ1) is 12.1. The van der Waals surface area contributed by atoms with E-state index in [2.05, 4.69) is 5.32 Å². The van der Waals surface area contributed by atoms with Gasteiger partial charge in [-0.1, -0.05) is 12.1 Å². The molecule has 1 heterocycles. The van der Waals surface area contributed by atoms with Crippen LogP contribution in [-0.2, 0) is 9.53 Å². The highest BCUT2D eigenvalue weighted by Gasteiger charge is 2.42. The van der Waals surface area contributed by atoms with E-state index in [1.54, 1.807) is 36.1 Å². The SMILES string of the molecule is COC(=O)C1=C(C)N(C2CC2)C(=O)N[C@@H]1c1ccc(OCC#N)cc1. The molecule has 130 valence electrons. The third-order valence-electron chi connectivity index (χ3n) is 4.36. The van der Waals surface area contributed by atoms with Gasteiger partial charge in [0.05, 0.1) is 18.7 Å². The first-order valence-corrected chi connectivity index (χ1v) is 8.05. The summed E-state index contributed by atoms with van der Waals surface area (Å²) in [6.07, 6.45) is 1.88. The van der Waals surface area contributed by atoms with Crippen LogP contribution in [0.2, 0.25) is 0 Å². The molecule has 0 bridgehead atoms. The number of esters is 1. The van der Waals surface area contributed by atoms with Gasteiger partial charge < -0.3 is 14.8 Å². The van der Waals surface area contributed by atoms with Crippen molar-refractivity contribution in [3.8, 4) is 11.8 Å². The Kier molecular flexibility index (Phi) is 4.61. The lowest BCUT2D eigenvalue weighted by atomic mass is 9.94. The zero-order valence-corrected chi connectivity index (χ0v) is 14.1. The largest absolute Gasteiger partial charge is 0.479 e. The van der Waals surface area contributed by atoms with E-state index in [1.807, 2.05) is 6.07 Å². The minimum atomic E-state index is -0.583. The smallest absolute Gasteiger partial charge is 0.337 e. The van der Waals surface area contributed by atoms with Crippen molar-refractivity contribution < 1.29 is 19.1 Å². The van der Waals surface area contributed by atoms with Crippen LogP contribution in [0.1, 0.15) is 31.4 Å². The van der Waals surface area contributed by atoms with Crippen LogP contribution in [0, 0.1) is 11.3 Å². The number of rotatable bonds is 5. The number of benzene rings is 1. The van der Waals surface area contributed by atoms with Crippen molar-refractivity contribution >= 4 is 12.0 Å². The molecule has 2 amide bonds. The van der Waals surface area contributed by atoms with Crippen molar-refractivity contribution in [3.63, 3.8) is 0 Å². The summed E-state index contributed by atoms with van der Waals surface area (Å²) in [7, 11) is 1.33. The molecule has 0 aromatic heterocycles. The standard InChI is InChI=1S/C18H19N3O4/c1-11-15(17(22)24-2)16(20-18(23)21(11)13-5-6-13)12-3-7-14(8-4-12)25-10-9-19/h3-4,7-8,13,16H,5-6,10H2,1-2H3,(H,20,23)/t16-/m1/s1. The molecule has 0 spiro atoms. The molecule has 25 heavy (non-hydrogen) atoms. The normalized spacial score (nSPS) is 20.0. The van der Waals surface area contributed by atoms with E-state index in [0.29, 0.717) is 17.0 Å². The van der Waals surface area contributed by atoms with E-state index in [1.165, 1.54) is 7.11 Å². The number of amides is 2. The van der Waals surface area contributed by atoms with Gasteiger partial charge in [-0.25, -0.2) is 9.59 Å². The number of nitrogens with zero attached hydrogens (tertiary/aromatic N) is 2. The predicted octanol–water partition coefficient (Wildman–Crippen LogP) is 2.26. The van der Waals surface area contributed by atoms with Crippen molar-refractivity contribution in [2.24, 2.45) is 0 Å². The van der Waals surface area contributed by atoms with Crippen LogP contribution in [-0.4, -0.2) is 36.7 Å². The Morgan fingerprint density at radius 2 is 2.04 bits per heavy atom. The summed E-state index contributed by atoms with van der Waals surface area (Å²) in [6, 6.07) is 8.21. The lowest BCUT2D eigenvalue weighted by Crippen LogP contribution is -2.48. The molecule has 1 atom stereocenters. The molecule has 1 saturated carbocycles. The summed E-state index contributed by atoms with van der Waals surface area (Å²) in [5.41, 5.74) is 1.81. The Hall–Kier alpha value is -3.01. The lowest BCUT2D eigenvalue weighted by Gasteiger charge is -2.35. The quantitative estimate of drug-likeness (QED) is 0.830. The van der Waals surface area contributed by atoms with E-state index in [9.17, 15) is 9.59 Å². The fourth-order valence-electron chi connectivity index (χ4n) is 3.03. The Morgan fingerprint density at radius 1 is 1.36 bits per heavy atom. The molecule has 1 fully saturated rings. The zero-order chi connectivity index (χ0) is 18.0. The number of allylic oxidation sites excluding steroid dienone is 1. The van der Waals surface area contributed by atoms with E-state index in [-0.39, 0.29) is 18.7 Å². The number of urea groups is 1. The average molecular weight is 341 g/mol. The minimum absolute atomic E-state index is 0.0394. The molecule has 0 saturated heterocycles. The topological polar surface area (TPSA) is 91.7 Å². The van der Waals surface area contributed by atoms with Gasteiger partial charge in [-0.15, -0.1) is 0 Å². The van der Waals surface area contributed by atoms with Crippen molar-refractivity contribution in [1.29, 1.82) is 5.26 Å². The van der Waals surface area contributed by atoms with Crippen molar-refractivity contribution in [3.05, 3.63) is 41.1 Å². The maximum atomic E-state index is 12.5. The van der Waals surface area contributed by atoms with Crippen molar-refractivity contribution in [2.75, 3.05) is 13.7 Å². The predicted molar refractivity (Wildman–Crippen MR) is 88.4 cm³/mol. The van der Waals surface area contributed by atoms with Gasteiger partial charge in [-0.05, 0) is 37.5 Å². The summed E-state index contributed by atoms with van der Waals surface area (Å²) in [5, 5.41) is 11.5. The van der Waals surface area contributed by atoms with Gasteiger partial charge in [0.2, 0.25) is 0 Å². The maximum absolute atomic E-state index is 12.5. The van der Waals surface area contributed by atoms with Crippen molar-refractivity contribution in [2.45, 2.75) is 31.8 Å². The van der Waals surface area contributed by atoms with E-state index in [4.69, 9.17) is 14.7 Å². The molecular formula is C18H19N3O4. The number of carbonyl (C=O) groups is 2. The fourth-order valence-corrected chi connectivity index (χ4v) is 3.03. The van der Waals surface area contributed by atoms with Gasteiger partial charge in [0.15, 0.2) is 6.61 Å². The molecular weight excluding hydrogens is 322 g/mol. The molecule has 0 radical (unpaired) electrons. The Balaban J connectivity index is 1.94. The van der Waals surface area contributed by atoms with Crippen LogP contribution in [0.3, 0.4) is 0 Å². The number of nitriles is 1. The number of hydrogen-bond donors (Lipinski definition) is 1. The van der Waals surface area contributed by atoms with E-state index >= 15 is 0 Å². The maximum Gasteiger partial charge on any atom is 0.337 e. The van der Waals surface area contributed by atoms with Crippen molar-refractivity contribution in [1.82, 2.24) is 10.2 Å². The summed E-state index contributed by atoms with van der Waals surface area (Å²) < 4.78 is 10.2. The molecule has 7 nitrogen and oxygen atoms in total. The van der Waals surface area contributed by atoms with Gasteiger partial charge in [0.25, 0.3) is 0 Å². The van der Waals surface area contributed by atoms with E-state index < -0.39 is 12.0 Å². The Labute approximate surface area is 145 Å². The molecule has 1 aliphatic carbocycles. The summed E-state index contributed by atoms with van der Waals surface area (Å²) in [4.78, 5) is 26.5. The van der Waals surface area contributed by atoms with Crippen LogP contribution in [0.5, 0.6) is 5.75 Å². The van der Waals surface area contributed by atoms with Gasteiger partial charge in [0, 0.05) is 11.7 Å². The van der Waals surface area contributed by atoms with Crippen LogP contribution in [0.4, 0.5) is 4.79 Å². The van der Waals surface area contributed by atoms with Crippen LogP contribution in [0.25, 0.3) is 0 Å². The highest BCUT2D eigenvalue weighted by molar-refractivity contribution is 5.95. The summed E-state index contributed by atoms with van der Waals surface area (Å²) in [5.74, 6) is 0.0883. The molecule has 3 rings (SSSR count). The highest BCUT2D eigenvalue weighted by atomic mass is 16.5. The number of hydrogen-bond acceptors (Lipinski definition) is 5. The second kappa shape index (κ2) is 6.85. The fraction of sp³-hybridized carbons (Fsp3) is 0.389. The number of carbonyl (C=O) groups excluding carboxylic acids is 2. The summed E-state index contributed by atoms with van der Waals surface area (Å²) >= 11 is 0. The minimum Gasteiger partial charge on any atom is -0.479 e. The highest BCUT2D eigenvalue weighted by Crippen LogP contribution is 2.38. The second-order valence-corrected chi connectivity index (χ2v) is 5.99. The zero-order valence-electron chi connectivity index (χ0n) is 14.1. The molecule has 1 aromatic rings. The lowest BCUT2D eigenvalue weighted by molar-refractivity contribution is -0.136. The van der Waals surface area contributed by atoms with Gasteiger partial charge in [-0.3, -0.25) is 4.90 Å². The second-order valence-electron chi connectivity index (χ2n) is 5.99. The number of ether oxygens (including phenoxy) is 2. The third-order valence-corrected chi connectivity index (χ3v) is 4.36. The number of nitrogens with one attached hydrogen (secondary N) is 1. The molecule has 2 aliphatic rings. The number of methoxy groups -OCH3 is 1. The van der Waals surface area contributed by atoms with Crippen LogP contribution in [0.15, 0.2) is 35.5 Å². The summed E-state index contributed by atoms with van der Waals surface area (Å²) in [6.45, 7) is 1.74. The van der Waals surface area contributed by atoms with Crippen LogP contribution >= 0.6 is 0 Å². The third kappa shape index (κ3) is 3.29. The first kappa shape index (κ1) is 16.8. The Bertz CT molecular complexity index is 760.